The molecule has 0 unspecified atom stereocenters. The van der Waals surface area contributed by atoms with Crippen molar-refractivity contribution in [2.24, 2.45) is 0 Å². The first-order chi connectivity index (χ1) is 11.1. The van der Waals surface area contributed by atoms with E-state index in [-0.39, 0.29) is 11.1 Å². The highest BCUT2D eigenvalue weighted by molar-refractivity contribution is 7.89. The third kappa shape index (κ3) is 2.24. The summed E-state index contributed by atoms with van der Waals surface area (Å²) in [5, 5.41) is 12.2. The highest BCUT2D eigenvalue weighted by Gasteiger charge is 2.37. The first kappa shape index (κ1) is 14.1. The quantitative estimate of drug-likeness (QED) is 0.675. The van der Waals surface area contributed by atoms with E-state index in [0.29, 0.717) is 18.7 Å². The number of sulfonamides is 1. The van der Waals surface area contributed by atoms with E-state index in [2.05, 4.69) is 25.3 Å². The molecule has 0 saturated carbocycles. The van der Waals surface area contributed by atoms with Crippen LogP contribution in [0.2, 0.25) is 0 Å². The van der Waals surface area contributed by atoms with E-state index in [1.54, 1.807) is 11.6 Å². The fraction of sp³-hybridized carbons (Fsp3) is 0.333. The Morgan fingerprint density at radius 2 is 2.17 bits per heavy atom. The van der Waals surface area contributed by atoms with Crippen LogP contribution < -0.4 is 4.90 Å². The lowest BCUT2D eigenvalue weighted by molar-refractivity contribution is 0.308. The summed E-state index contributed by atoms with van der Waals surface area (Å²) in [7, 11) is -1.97. The van der Waals surface area contributed by atoms with Gasteiger partial charge in [0.1, 0.15) is 12.1 Å². The number of aromatic amines is 1. The molecule has 1 fully saturated rings. The van der Waals surface area contributed by atoms with Crippen LogP contribution in [0.1, 0.15) is 0 Å². The lowest BCUT2D eigenvalue weighted by Gasteiger charge is -2.43. The summed E-state index contributed by atoms with van der Waals surface area (Å²) in [5.74, 6) is 0.765. The van der Waals surface area contributed by atoms with Crippen LogP contribution in [0.3, 0.4) is 0 Å². The van der Waals surface area contributed by atoms with Crippen molar-refractivity contribution >= 4 is 21.5 Å². The van der Waals surface area contributed by atoms with Gasteiger partial charge in [0.2, 0.25) is 0 Å². The van der Waals surface area contributed by atoms with E-state index >= 15 is 0 Å². The minimum Gasteiger partial charge on any atom is -0.352 e. The molecule has 4 heterocycles. The van der Waals surface area contributed by atoms with Gasteiger partial charge in [-0.2, -0.15) is 8.82 Å². The topological polar surface area (TPSA) is 112 Å². The van der Waals surface area contributed by atoms with Crippen molar-refractivity contribution in [1.82, 2.24) is 34.1 Å². The Balaban J connectivity index is 1.48. The first-order valence-electron chi connectivity index (χ1n) is 6.94. The monoisotopic (exact) mass is 334 g/mol. The van der Waals surface area contributed by atoms with Gasteiger partial charge in [-0.15, -0.1) is 15.3 Å². The van der Waals surface area contributed by atoms with E-state index in [9.17, 15) is 8.42 Å². The summed E-state index contributed by atoms with van der Waals surface area (Å²) < 4.78 is 27.8. The van der Waals surface area contributed by atoms with Crippen molar-refractivity contribution in [3.63, 3.8) is 0 Å². The standard InChI is InChI=1S/C12H14N8O2S/c1-18(23(21,22)12-4-13-7-14-12)9-5-19(6-9)11-3-2-10-16-15-8-20(10)17-11/h2-4,7-9H,5-6H2,1H3,(H,13,14). The number of imidazole rings is 1. The van der Waals surface area contributed by atoms with Crippen molar-refractivity contribution in [2.45, 2.75) is 11.1 Å². The van der Waals surface area contributed by atoms with E-state index in [0.717, 1.165) is 5.82 Å². The molecule has 0 atom stereocenters. The minimum atomic E-state index is -3.54. The smallest absolute Gasteiger partial charge is 0.260 e. The molecular formula is C12H14N8O2S. The highest BCUT2D eigenvalue weighted by atomic mass is 32.2. The lowest BCUT2D eigenvalue weighted by atomic mass is 10.1. The third-order valence-electron chi connectivity index (χ3n) is 3.98. The molecule has 11 heteroatoms. The van der Waals surface area contributed by atoms with Crippen molar-refractivity contribution in [1.29, 1.82) is 0 Å². The summed E-state index contributed by atoms with van der Waals surface area (Å²) in [5.41, 5.74) is 0.671. The zero-order valence-corrected chi connectivity index (χ0v) is 13.1. The Morgan fingerprint density at radius 1 is 1.35 bits per heavy atom. The molecule has 120 valence electrons. The van der Waals surface area contributed by atoms with E-state index in [1.165, 1.54) is 23.2 Å². The van der Waals surface area contributed by atoms with Crippen molar-refractivity contribution in [3.05, 3.63) is 31.0 Å². The number of anilines is 1. The summed E-state index contributed by atoms with van der Waals surface area (Å²) >= 11 is 0. The fourth-order valence-corrected chi connectivity index (χ4v) is 3.73. The van der Waals surface area contributed by atoms with Gasteiger partial charge in [0.05, 0.1) is 18.6 Å². The van der Waals surface area contributed by atoms with E-state index in [1.807, 2.05) is 17.0 Å². The third-order valence-corrected chi connectivity index (χ3v) is 5.81. The van der Waals surface area contributed by atoms with Gasteiger partial charge >= 0.3 is 0 Å². The summed E-state index contributed by atoms with van der Waals surface area (Å²) in [4.78, 5) is 8.40. The molecule has 3 aromatic rings. The normalized spacial score (nSPS) is 16.2. The minimum absolute atomic E-state index is 0.0995. The van der Waals surface area contributed by atoms with Crippen molar-refractivity contribution < 1.29 is 8.42 Å². The van der Waals surface area contributed by atoms with Crippen LogP contribution in [0.25, 0.3) is 5.65 Å². The summed E-state index contributed by atoms with van der Waals surface area (Å²) in [6, 6.07) is 3.57. The Labute approximate surface area is 131 Å². The van der Waals surface area contributed by atoms with Crippen LogP contribution >= 0.6 is 0 Å². The van der Waals surface area contributed by atoms with Gasteiger partial charge in [0.25, 0.3) is 10.0 Å². The van der Waals surface area contributed by atoms with Crippen LogP contribution in [-0.4, -0.2) is 68.7 Å². The predicted octanol–water partition coefficient (Wildman–Crippen LogP) is -0.643. The second-order valence-electron chi connectivity index (χ2n) is 5.32. The molecular weight excluding hydrogens is 320 g/mol. The molecule has 0 amide bonds. The van der Waals surface area contributed by atoms with Gasteiger partial charge in [-0.05, 0) is 12.1 Å². The molecule has 1 aliphatic heterocycles. The van der Waals surface area contributed by atoms with E-state index in [4.69, 9.17) is 0 Å². The van der Waals surface area contributed by atoms with Gasteiger partial charge < -0.3 is 9.88 Å². The maximum atomic E-state index is 12.4. The number of likely N-dealkylation sites (N-methyl/N-ethyl adjacent to an activating group) is 1. The van der Waals surface area contributed by atoms with Crippen LogP contribution in [-0.2, 0) is 10.0 Å². The van der Waals surface area contributed by atoms with Crippen LogP contribution in [0.5, 0.6) is 0 Å². The molecule has 0 spiro atoms. The van der Waals surface area contributed by atoms with Gasteiger partial charge in [-0.25, -0.2) is 13.4 Å². The average Bonchev–Trinajstić information content (AvgIpc) is 3.16. The number of nitrogens with one attached hydrogen (secondary N) is 1. The molecule has 0 aromatic carbocycles. The van der Waals surface area contributed by atoms with E-state index < -0.39 is 10.0 Å². The lowest BCUT2D eigenvalue weighted by Crippen LogP contribution is -2.60. The Hall–Kier alpha value is -2.53. The van der Waals surface area contributed by atoms with Crippen LogP contribution in [0.15, 0.2) is 36.0 Å². The van der Waals surface area contributed by atoms with Gasteiger partial charge in [-0.1, -0.05) is 0 Å². The fourth-order valence-electron chi connectivity index (χ4n) is 2.49. The number of rotatable bonds is 4. The molecule has 1 aliphatic rings. The molecule has 0 aliphatic carbocycles. The molecule has 23 heavy (non-hydrogen) atoms. The number of fused-ring (bicyclic) bond motifs is 1. The van der Waals surface area contributed by atoms with Gasteiger partial charge in [0, 0.05) is 20.1 Å². The molecule has 3 aromatic heterocycles. The molecule has 1 N–H and O–H groups in total. The zero-order chi connectivity index (χ0) is 16.0. The maximum Gasteiger partial charge on any atom is 0.260 e. The maximum absolute atomic E-state index is 12.4. The van der Waals surface area contributed by atoms with Gasteiger partial charge in [0.15, 0.2) is 10.7 Å². The SMILES string of the molecule is CN(C1CN(c2ccc3nncn3n2)C1)S(=O)(=O)c1cnc[nH]1. The number of hydrogen-bond donors (Lipinski definition) is 1. The number of H-pyrrole nitrogens is 1. The van der Waals surface area contributed by atoms with Gasteiger partial charge in [-0.3, -0.25) is 0 Å². The molecule has 0 bridgehead atoms. The summed E-state index contributed by atoms with van der Waals surface area (Å²) in [6.45, 7) is 1.15. The predicted molar refractivity (Wildman–Crippen MR) is 80.3 cm³/mol. The second kappa shape index (κ2) is 4.99. The van der Waals surface area contributed by atoms with Crippen molar-refractivity contribution in [2.75, 3.05) is 25.0 Å². The zero-order valence-electron chi connectivity index (χ0n) is 12.2. The first-order valence-corrected chi connectivity index (χ1v) is 8.38. The molecule has 0 radical (unpaired) electrons. The summed E-state index contributed by atoms with van der Waals surface area (Å²) in [6.07, 6.45) is 4.20. The number of aromatic nitrogens is 6. The van der Waals surface area contributed by atoms with Crippen LogP contribution in [0.4, 0.5) is 5.82 Å². The highest BCUT2D eigenvalue weighted by Crippen LogP contribution is 2.24. The van der Waals surface area contributed by atoms with Crippen molar-refractivity contribution in [3.8, 4) is 0 Å². The Kier molecular flexibility index (Phi) is 3.06. The number of hydrogen-bond acceptors (Lipinski definition) is 7. The Morgan fingerprint density at radius 3 is 2.91 bits per heavy atom. The molecule has 10 nitrogen and oxygen atoms in total. The Bertz CT molecular complexity index is 929. The molecule has 4 rings (SSSR count). The largest absolute Gasteiger partial charge is 0.352 e. The average molecular weight is 334 g/mol. The number of nitrogens with zero attached hydrogens (tertiary/aromatic N) is 7. The van der Waals surface area contributed by atoms with Crippen LogP contribution in [0, 0.1) is 0 Å². The second-order valence-corrected chi connectivity index (χ2v) is 7.29. The molecule has 1 saturated heterocycles.